The summed E-state index contributed by atoms with van der Waals surface area (Å²) >= 11 is 0. The van der Waals surface area contributed by atoms with Gasteiger partial charge in [-0.1, -0.05) is 74.5 Å². The summed E-state index contributed by atoms with van der Waals surface area (Å²) in [7, 11) is 0. The van der Waals surface area contributed by atoms with E-state index in [1.165, 1.54) is 0 Å². The number of hydrogen-bond acceptors (Lipinski definition) is 6. The van der Waals surface area contributed by atoms with Crippen molar-refractivity contribution >= 4 is 23.9 Å². The highest BCUT2D eigenvalue weighted by Crippen LogP contribution is 2.15. The third-order valence-corrected chi connectivity index (χ3v) is 5.00. The van der Waals surface area contributed by atoms with E-state index in [9.17, 15) is 24.3 Å². The highest BCUT2D eigenvalue weighted by atomic mass is 16.5. The predicted molar refractivity (Wildman–Crippen MR) is 119 cm³/mol. The number of carbonyl (C=O) groups is 4. The second-order valence-electron chi connectivity index (χ2n) is 7.87. The maximum absolute atomic E-state index is 13.1. The first-order valence-corrected chi connectivity index (χ1v) is 10.4. The number of nitrogens with one attached hydrogen (secondary N) is 2. The van der Waals surface area contributed by atoms with Crippen molar-refractivity contribution < 1.29 is 34.1 Å². The van der Waals surface area contributed by atoms with Crippen LogP contribution in [0.5, 0.6) is 0 Å². The maximum atomic E-state index is 13.1. The summed E-state index contributed by atoms with van der Waals surface area (Å²) in [5.41, 5.74) is 1.35. The van der Waals surface area contributed by atoms with Gasteiger partial charge < -0.3 is 25.6 Å². The van der Waals surface area contributed by atoms with Crippen LogP contribution >= 0.6 is 0 Å². The summed E-state index contributed by atoms with van der Waals surface area (Å²) in [6, 6.07) is 14.7. The van der Waals surface area contributed by atoms with Crippen LogP contribution in [0.25, 0.3) is 1.43 Å². The van der Waals surface area contributed by atoms with Gasteiger partial charge in [0.25, 0.3) is 1.43 Å². The summed E-state index contributed by atoms with van der Waals surface area (Å²) in [4.78, 5) is 49.7. The number of hydrogen-bond donors (Lipinski definition) is 4. The van der Waals surface area contributed by atoms with E-state index < -0.39 is 47.9 Å². The topological polar surface area (TPSA) is 142 Å². The quantitative estimate of drug-likeness (QED) is 0.406. The number of rotatable bonds is 11. The van der Waals surface area contributed by atoms with E-state index >= 15 is 0 Å². The molecular formula is C24H28N2O7. The first kappa shape index (κ1) is 23.8. The molecule has 0 aliphatic rings. The van der Waals surface area contributed by atoms with Gasteiger partial charge in [-0.3, -0.25) is 9.59 Å². The van der Waals surface area contributed by atoms with Crippen molar-refractivity contribution in [3.05, 3.63) is 71.8 Å². The molecule has 176 valence electrons. The van der Waals surface area contributed by atoms with E-state index in [0.29, 0.717) is 11.1 Å². The molecule has 9 nitrogen and oxygen atoms in total. The minimum absolute atomic E-state index is 0.0466. The number of benzene rings is 2. The molecule has 0 saturated carbocycles. The van der Waals surface area contributed by atoms with Crippen LogP contribution in [0, 0.1) is 11.8 Å². The average Bonchev–Trinajstić information content (AvgIpc) is 2.83. The van der Waals surface area contributed by atoms with Gasteiger partial charge in [0.1, 0.15) is 18.7 Å². The number of amides is 2. The molecule has 33 heavy (non-hydrogen) atoms. The van der Waals surface area contributed by atoms with Crippen molar-refractivity contribution in [2.24, 2.45) is 11.8 Å². The van der Waals surface area contributed by atoms with Crippen LogP contribution in [0.15, 0.2) is 60.7 Å². The second kappa shape index (κ2) is 12.2. The molecule has 0 spiro atoms. The van der Waals surface area contributed by atoms with Crippen LogP contribution < -0.4 is 10.6 Å². The van der Waals surface area contributed by atoms with Gasteiger partial charge >= 0.3 is 18.0 Å². The predicted octanol–water partition coefficient (Wildman–Crippen LogP) is 2.45. The largest absolute Gasteiger partial charge is 0.481 e. The van der Waals surface area contributed by atoms with Gasteiger partial charge in [-0.2, -0.15) is 0 Å². The second-order valence-corrected chi connectivity index (χ2v) is 7.87. The molecule has 2 aromatic rings. The molecule has 0 saturated heterocycles. The number of alkyl carbamates (subject to hydrolysis) is 1. The zero-order chi connectivity index (χ0) is 25.1. The minimum Gasteiger partial charge on any atom is -0.481 e. The molecule has 0 aliphatic heterocycles. The third kappa shape index (κ3) is 7.95. The molecule has 1 unspecified atom stereocenters. The Morgan fingerprint density at radius 1 is 0.879 bits per heavy atom. The van der Waals surface area contributed by atoms with Crippen molar-refractivity contribution in [2.45, 2.75) is 39.0 Å². The lowest BCUT2D eigenvalue weighted by Gasteiger charge is -2.27. The van der Waals surface area contributed by atoms with E-state index in [-0.39, 0.29) is 13.0 Å². The van der Waals surface area contributed by atoms with Crippen molar-refractivity contribution in [3.63, 3.8) is 0 Å². The van der Waals surface area contributed by atoms with E-state index in [4.69, 9.17) is 6.17 Å². The summed E-state index contributed by atoms with van der Waals surface area (Å²) in [5.74, 6) is -5.03. The fourth-order valence-electron chi connectivity index (χ4n) is 3.20. The molecule has 0 aromatic heterocycles. The number of carboxylic acids is 2. The van der Waals surface area contributed by atoms with Gasteiger partial charge in [0.05, 0.1) is 5.92 Å². The normalized spacial score (nSPS) is 13.7. The Labute approximate surface area is 193 Å². The monoisotopic (exact) mass is 457 g/mol. The van der Waals surface area contributed by atoms with Crippen molar-refractivity contribution in [3.8, 4) is 0 Å². The highest BCUT2D eigenvalue weighted by Gasteiger charge is 2.38. The maximum Gasteiger partial charge on any atom is 0.408 e. The summed E-state index contributed by atoms with van der Waals surface area (Å²) in [6.45, 7) is 3.13. The molecule has 2 amide bonds. The van der Waals surface area contributed by atoms with E-state index in [1.807, 2.05) is 0 Å². The fraction of sp³-hybridized carbons (Fsp3) is 0.333. The smallest absolute Gasteiger partial charge is 0.408 e. The minimum atomic E-state index is -1.55. The molecule has 3 atom stereocenters. The molecule has 0 radical (unpaired) electrons. The van der Waals surface area contributed by atoms with Gasteiger partial charge in [0, 0.05) is 0 Å². The Kier molecular flexibility index (Phi) is 8.81. The van der Waals surface area contributed by atoms with Gasteiger partial charge in [-0.05, 0) is 23.5 Å². The Morgan fingerprint density at radius 3 is 1.97 bits per heavy atom. The van der Waals surface area contributed by atoms with Crippen LogP contribution in [0.1, 0.15) is 25.0 Å². The summed E-state index contributed by atoms with van der Waals surface area (Å²) in [6.07, 6.45) is -1.04. The van der Waals surface area contributed by atoms with Gasteiger partial charge in [0.2, 0.25) is 5.91 Å². The lowest BCUT2D eigenvalue weighted by molar-refractivity contribution is -0.146. The van der Waals surface area contributed by atoms with E-state index in [0.717, 1.165) is 0 Å². The van der Waals surface area contributed by atoms with Gasteiger partial charge in [-0.25, -0.2) is 9.59 Å². The highest BCUT2D eigenvalue weighted by molar-refractivity contribution is 5.93. The Hall–Kier alpha value is -3.88. The summed E-state index contributed by atoms with van der Waals surface area (Å²) < 4.78 is 12.3. The molecule has 9 heteroatoms. The molecule has 4 N–H and O–H groups in total. The van der Waals surface area contributed by atoms with E-state index in [1.54, 1.807) is 74.5 Å². The average molecular weight is 458 g/mol. The van der Waals surface area contributed by atoms with Crippen molar-refractivity contribution in [1.29, 1.82) is 1.43 Å². The zero-order valence-corrected chi connectivity index (χ0v) is 18.4. The zero-order valence-electron chi connectivity index (χ0n) is 19.4. The molecule has 0 aliphatic carbocycles. The van der Waals surface area contributed by atoms with Crippen LogP contribution in [0.2, 0.25) is 0 Å². The lowest BCUT2D eigenvalue weighted by Crippen LogP contribution is -2.57. The first-order valence-electron chi connectivity index (χ1n) is 10.8. The molecular weight excluding hydrogens is 428 g/mol. The van der Waals surface area contributed by atoms with Crippen LogP contribution in [-0.2, 0) is 32.1 Å². The fourth-order valence-corrected chi connectivity index (χ4v) is 3.20. The van der Waals surface area contributed by atoms with Gasteiger partial charge in [0.15, 0.2) is 0 Å². The van der Waals surface area contributed by atoms with Crippen LogP contribution in [0.3, 0.4) is 0 Å². The number of aliphatic carboxylic acids is 2. The van der Waals surface area contributed by atoms with Crippen LogP contribution in [-0.4, -0.2) is 46.2 Å². The standard InChI is InChI=1S/C24H28N2O7/c1-15(2)19(23(30)31)25-21(27)20(18(22(28)29)13-16-9-5-3-6-10-16)26-24(32)33-14-17-11-7-4-8-12-17/h3-12,15,18-20H,13-14H2,1-2H3,(H,25,27)(H,26,32)(H,28,29)(H,30,31)/t18?,19-,20-/m0/s1/i/hD. The molecule has 0 heterocycles. The Balaban J connectivity index is 2.28. The molecule has 0 bridgehead atoms. The molecule has 0 fully saturated rings. The Morgan fingerprint density at radius 2 is 1.45 bits per heavy atom. The SMILES string of the molecule is [2H]OC(=O)C(Cc1ccccc1)[C@H](NC(=O)OCc1ccccc1)C(=O)N[C@H](C(=O)O)C(C)C. The lowest BCUT2D eigenvalue weighted by atomic mass is 9.91. The number of carboxylic acid groups (broad SMARTS) is 2. The first-order chi connectivity index (χ1) is 16.2. The molecule has 2 rings (SSSR count). The molecule has 2 aromatic carbocycles. The summed E-state index contributed by atoms with van der Waals surface area (Å²) in [5, 5.41) is 18.3. The number of ether oxygens (including phenoxy) is 1. The van der Waals surface area contributed by atoms with Gasteiger partial charge in [-0.15, -0.1) is 0 Å². The number of carbonyl (C=O) groups excluding carboxylic acids is 2. The third-order valence-electron chi connectivity index (χ3n) is 5.00. The van der Waals surface area contributed by atoms with Crippen LogP contribution in [0.4, 0.5) is 4.79 Å². The van der Waals surface area contributed by atoms with Crippen molar-refractivity contribution in [1.82, 2.24) is 10.6 Å². The van der Waals surface area contributed by atoms with Crippen molar-refractivity contribution in [2.75, 3.05) is 0 Å². The Bertz CT molecular complexity index is 970. The van der Waals surface area contributed by atoms with E-state index in [2.05, 4.69) is 15.7 Å².